The molecule has 0 spiro atoms. The Balaban J connectivity index is 1.38. The molecule has 25 heavy (non-hydrogen) atoms. The van der Waals surface area contributed by atoms with E-state index >= 15 is 0 Å². The van der Waals surface area contributed by atoms with Crippen LogP contribution in [0.25, 0.3) is 0 Å². The van der Waals surface area contributed by atoms with Crippen molar-refractivity contribution in [1.29, 1.82) is 0 Å². The normalized spacial score (nSPS) is 15.7. The lowest BCUT2D eigenvalue weighted by Crippen LogP contribution is -2.44. The van der Waals surface area contributed by atoms with Crippen LogP contribution in [0.2, 0.25) is 0 Å². The van der Waals surface area contributed by atoms with Crippen molar-refractivity contribution in [2.75, 3.05) is 13.1 Å². The highest BCUT2D eigenvalue weighted by Crippen LogP contribution is 2.17. The summed E-state index contributed by atoms with van der Waals surface area (Å²) in [6.07, 6.45) is 1.58. The van der Waals surface area contributed by atoms with Gasteiger partial charge in [0.25, 0.3) is 0 Å². The Bertz CT molecular complexity index is 685. The Morgan fingerprint density at radius 3 is 2.52 bits per heavy atom. The van der Waals surface area contributed by atoms with Crippen LogP contribution < -0.4 is 5.32 Å². The van der Waals surface area contributed by atoms with E-state index in [4.69, 9.17) is 4.74 Å². The minimum atomic E-state index is -0.325. The molecule has 132 valence electrons. The third kappa shape index (κ3) is 5.87. The van der Waals surface area contributed by atoms with Crippen molar-refractivity contribution in [3.05, 3.63) is 70.2 Å². The number of piperidine rings is 1. The number of halogens is 1. The second-order valence-corrected chi connectivity index (χ2v) is 7.30. The topological polar surface area (TPSA) is 41.6 Å². The van der Waals surface area contributed by atoms with Crippen LogP contribution >= 0.6 is 15.9 Å². The van der Waals surface area contributed by atoms with Gasteiger partial charge >= 0.3 is 6.09 Å². The summed E-state index contributed by atoms with van der Waals surface area (Å²) in [5.74, 6) is 0. The highest BCUT2D eigenvalue weighted by atomic mass is 79.9. The van der Waals surface area contributed by atoms with Gasteiger partial charge in [0, 0.05) is 30.1 Å². The first kappa shape index (κ1) is 18.0. The van der Waals surface area contributed by atoms with Crippen LogP contribution in [0.1, 0.15) is 24.0 Å². The van der Waals surface area contributed by atoms with Crippen LogP contribution in [0, 0.1) is 0 Å². The average molecular weight is 403 g/mol. The van der Waals surface area contributed by atoms with E-state index in [1.165, 1.54) is 5.56 Å². The van der Waals surface area contributed by atoms with E-state index in [0.29, 0.717) is 6.61 Å². The number of nitrogens with one attached hydrogen (secondary N) is 1. The Hall–Kier alpha value is -1.85. The summed E-state index contributed by atoms with van der Waals surface area (Å²) in [6, 6.07) is 18.3. The Labute approximate surface area is 157 Å². The number of carbonyl (C=O) groups is 1. The van der Waals surface area contributed by atoms with Crippen LogP contribution in [0.4, 0.5) is 4.79 Å². The molecular weight excluding hydrogens is 380 g/mol. The van der Waals surface area contributed by atoms with Crippen molar-refractivity contribution < 1.29 is 9.53 Å². The van der Waals surface area contributed by atoms with Gasteiger partial charge in [-0.1, -0.05) is 58.4 Å². The van der Waals surface area contributed by atoms with Gasteiger partial charge in [0.05, 0.1) is 0 Å². The average Bonchev–Trinajstić information content (AvgIpc) is 2.63. The summed E-state index contributed by atoms with van der Waals surface area (Å²) in [5, 5.41) is 2.99. The lowest BCUT2D eigenvalue weighted by Gasteiger charge is -2.32. The quantitative estimate of drug-likeness (QED) is 0.808. The Morgan fingerprint density at radius 2 is 1.80 bits per heavy atom. The fourth-order valence-electron chi connectivity index (χ4n) is 3.06. The minimum absolute atomic E-state index is 0.196. The molecule has 0 atom stereocenters. The predicted molar refractivity (Wildman–Crippen MR) is 102 cm³/mol. The third-order valence-corrected chi connectivity index (χ3v) is 4.91. The summed E-state index contributed by atoms with van der Waals surface area (Å²) < 4.78 is 6.41. The van der Waals surface area contributed by atoms with Crippen LogP contribution in [0.15, 0.2) is 59.1 Å². The largest absolute Gasteiger partial charge is 0.445 e. The molecule has 0 bridgehead atoms. The first-order valence-electron chi connectivity index (χ1n) is 8.63. The number of alkyl carbamates (subject to hydrolysis) is 1. The fraction of sp³-hybridized carbons (Fsp3) is 0.350. The van der Waals surface area contributed by atoms with Gasteiger partial charge in [0.1, 0.15) is 6.61 Å². The van der Waals surface area contributed by atoms with Gasteiger partial charge in [-0.05, 0) is 36.1 Å². The molecule has 0 aromatic heterocycles. The molecule has 1 aliphatic heterocycles. The number of nitrogens with zero attached hydrogens (tertiary/aromatic N) is 1. The second kappa shape index (κ2) is 9.02. The van der Waals surface area contributed by atoms with Crippen molar-refractivity contribution in [2.24, 2.45) is 0 Å². The standard InChI is InChI=1S/C20H23BrN2O2/c21-18-8-4-7-17(13-18)14-23-11-9-19(10-12-23)22-20(24)25-15-16-5-2-1-3-6-16/h1-8,13,19H,9-12,14-15H2,(H,22,24). The molecule has 0 saturated carbocycles. The first-order valence-corrected chi connectivity index (χ1v) is 9.42. The van der Waals surface area contributed by atoms with Gasteiger partial charge in [-0.3, -0.25) is 4.90 Å². The van der Waals surface area contributed by atoms with E-state index < -0.39 is 0 Å². The zero-order chi connectivity index (χ0) is 17.5. The SMILES string of the molecule is O=C(NC1CCN(Cc2cccc(Br)c2)CC1)OCc1ccccc1. The number of ether oxygens (including phenoxy) is 1. The molecule has 5 heteroatoms. The van der Waals surface area contributed by atoms with Gasteiger partial charge in [-0.25, -0.2) is 4.79 Å². The Morgan fingerprint density at radius 1 is 1.08 bits per heavy atom. The van der Waals surface area contributed by atoms with Gasteiger partial charge < -0.3 is 10.1 Å². The van der Waals surface area contributed by atoms with Crippen LogP contribution in [0.5, 0.6) is 0 Å². The highest BCUT2D eigenvalue weighted by molar-refractivity contribution is 9.10. The molecule has 0 aliphatic carbocycles. The van der Waals surface area contributed by atoms with E-state index in [-0.39, 0.29) is 12.1 Å². The molecule has 0 radical (unpaired) electrons. The monoisotopic (exact) mass is 402 g/mol. The molecule has 1 N–H and O–H groups in total. The summed E-state index contributed by atoms with van der Waals surface area (Å²) in [4.78, 5) is 14.4. The maximum atomic E-state index is 11.9. The van der Waals surface area contributed by atoms with E-state index in [0.717, 1.165) is 42.5 Å². The number of amides is 1. The van der Waals surface area contributed by atoms with Gasteiger partial charge in [0.2, 0.25) is 0 Å². The third-order valence-electron chi connectivity index (χ3n) is 4.42. The van der Waals surface area contributed by atoms with Gasteiger partial charge in [-0.2, -0.15) is 0 Å². The zero-order valence-corrected chi connectivity index (χ0v) is 15.7. The molecule has 1 saturated heterocycles. The van der Waals surface area contributed by atoms with Gasteiger partial charge in [-0.15, -0.1) is 0 Å². The summed E-state index contributed by atoms with van der Waals surface area (Å²) in [7, 11) is 0. The van der Waals surface area contributed by atoms with Crippen molar-refractivity contribution in [3.63, 3.8) is 0 Å². The number of carbonyl (C=O) groups excluding carboxylic acids is 1. The molecule has 1 amide bonds. The fourth-order valence-corrected chi connectivity index (χ4v) is 3.51. The van der Waals surface area contributed by atoms with E-state index in [1.54, 1.807) is 0 Å². The maximum absolute atomic E-state index is 11.9. The highest BCUT2D eigenvalue weighted by Gasteiger charge is 2.21. The second-order valence-electron chi connectivity index (χ2n) is 6.39. The minimum Gasteiger partial charge on any atom is -0.445 e. The first-order chi connectivity index (χ1) is 12.2. The summed E-state index contributed by atoms with van der Waals surface area (Å²) in [5.41, 5.74) is 2.31. The molecule has 3 rings (SSSR count). The van der Waals surface area contributed by atoms with Crippen molar-refractivity contribution >= 4 is 22.0 Å². The lowest BCUT2D eigenvalue weighted by atomic mass is 10.0. The van der Waals surface area contributed by atoms with Crippen LogP contribution in [0.3, 0.4) is 0 Å². The van der Waals surface area contributed by atoms with Gasteiger partial charge in [0.15, 0.2) is 0 Å². The predicted octanol–water partition coefficient (Wildman–Crippen LogP) is 4.34. The summed E-state index contributed by atoms with van der Waals surface area (Å²) in [6.45, 7) is 3.23. The lowest BCUT2D eigenvalue weighted by molar-refractivity contribution is 0.125. The number of hydrogen-bond acceptors (Lipinski definition) is 3. The maximum Gasteiger partial charge on any atom is 0.407 e. The van der Waals surface area contributed by atoms with E-state index in [1.807, 2.05) is 36.4 Å². The molecular formula is C20H23BrN2O2. The number of hydrogen-bond donors (Lipinski definition) is 1. The molecule has 2 aromatic rings. The molecule has 1 fully saturated rings. The van der Waals surface area contributed by atoms with E-state index in [9.17, 15) is 4.79 Å². The number of rotatable bonds is 5. The van der Waals surface area contributed by atoms with Crippen LogP contribution in [-0.2, 0) is 17.9 Å². The van der Waals surface area contributed by atoms with Crippen molar-refractivity contribution in [1.82, 2.24) is 10.2 Å². The molecule has 1 heterocycles. The molecule has 1 aliphatic rings. The van der Waals surface area contributed by atoms with Crippen molar-refractivity contribution in [3.8, 4) is 0 Å². The molecule has 2 aromatic carbocycles. The Kier molecular flexibility index (Phi) is 6.48. The molecule has 0 unspecified atom stereocenters. The number of benzene rings is 2. The smallest absolute Gasteiger partial charge is 0.407 e. The number of likely N-dealkylation sites (tertiary alicyclic amines) is 1. The van der Waals surface area contributed by atoms with Crippen molar-refractivity contribution in [2.45, 2.75) is 32.0 Å². The van der Waals surface area contributed by atoms with E-state index in [2.05, 4.69) is 44.3 Å². The molecule has 4 nitrogen and oxygen atoms in total. The summed E-state index contributed by atoms with van der Waals surface area (Å²) >= 11 is 3.52. The van der Waals surface area contributed by atoms with Crippen LogP contribution in [-0.4, -0.2) is 30.1 Å². The zero-order valence-electron chi connectivity index (χ0n) is 14.2.